The second-order valence-electron chi connectivity index (χ2n) is 4.73. The Morgan fingerprint density at radius 2 is 2.14 bits per heavy atom. The van der Waals surface area contributed by atoms with Crippen molar-refractivity contribution in [2.75, 3.05) is 6.54 Å². The van der Waals surface area contributed by atoms with Crippen LogP contribution in [0.4, 0.5) is 4.39 Å². The van der Waals surface area contributed by atoms with Crippen LogP contribution in [-0.2, 0) is 6.42 Å². The SMILES string of the molecule is Cc1nc(CCN)sc1-c1nc(-c2cc(F)cc(Br)c2)n[nH]1. The van der Waals surface area contributed by atoms with Crippen LogP contribution in [0.1, 0.15) is 10.7 Å². The molecule has 0 radical (unpaired) electrons. The molecule has 0 amide bonds. The third-order valence-corrected chi connectivity index (χ3v) is 4.70. The zero-order valence-electron chi connectivity index (χ0n) is 11.7. The van der Waals surface area contributed by atoms with Crippen LogP contribution in [0.25, 0.3) is 22.1 Å². The van der Waals surface area contributed by atoms with Gasteiger partial charge in [0.25, 0.3) is 0 Å². The van der Waals surface area contributed by atoms with Crippen molar-refractivity contribution in [3.63, 3.8) is 0 Å². The van der Waals surface area contributed by atoms with E-state index in [-0.39, 0.29) is 5.82 Å². The Morgan fingerprint density at radius 1 is 1.32 bits per heavy atom. The molecule has 0 aliphatic carbocycles. The van der Waals surface area contributed by atoms with Crippen LogP contribution >= 0.6 is 27.3 Å². The highest BCUT2D eigenvalue weighted by Crippen LogP contribution is 2.29. The first-order valence-electron chi connectivity index (χ1n) is 6.62. The molecule has 8 heteroatoms. The molecule has 0 aliphatic rings. The van der Waals surface area contributed by atoms with Crippen molar-refractivity contribution < 1.29 is 4.39 Å². The van der Waals surface area contributed by atoms with Gasteiger partial charge in [-0.05, 0) is 31.7 Å². The molecule has 0 bridgehead atoms. The molecule has 0 saturated carbocycles. The van der Waals surface area contributed by atoms with Crippen molar-refractivity contribution in [1.29, 1.82) is 0 Å². The smallest absolute Gasteiger partial charge is 0.181 e. The van der Waals surface area contributed by atoms with Crippen LogP contribution in [-0.4, -0.2) is 26.7 Å². The lowest BCUT2D eigenvalue weighted by atomic mass is 10.2. The number of hydrogen-bond acceptors (Lipinski definition) is 5. The lowest BCUT2D eigenvalue weighted by Gasteiger charge is -1.97. The number of aromatic nitrogens is 4. The maximum absolute atomic E-state index is 13.5. The molecule has 0 aliphatic heterocycles. The Labute approximate surface area is 138 Å². The number of nitrogens with two attached hydrogens (primary N) is 1. The summed E-state index contributed by atoms with van der Waals surface area (Å²) in [5.74, 6) is 0.743. The van der Waals surface area contributed by atoms with Gasteiger partial charge < -0.3 is 5.73 Å². The van der Waals surface area contributed by atoms with Crippen LogP contribution < -0.4 is 5.73 Å². The lowest BCUT2D eigenvalue weighted by molar-refractivity contribution is 0.627. The number of benzene rings is 1. The summed E-state index contributed by atoms with van der Waals surface area (Å²) in [7, 11) is 0. The Balaban J connectivity index is 1.96. The number of thiazole rings is 1. The lowest BCUT2D eigenvalue weighted by Crippen LogP contribution is -2.01. The summed E-state index contributed by atoms with van der Waals surface area (Å²) in [6, 6.07) is 4.57. The largest absolute Gasteiger partial charge is 0.330 e. The number of aryl methyl sites for hydroxylation is 1. The Morgan fingerprint density at radius 3 is 2.86 bits per heavy atom. The fourth-order valence-corrected chi connectivity index (χ4v) is 3.56. The van der Waals surface area contributed by atoms with E-state index < -0.39 is 0 Å². The van der Waals surface area contributed by atoms with E-state index >= 15 is 0 Å². The van der Waals surface area contributed by atoms with Gasteiger partial charge in [-0.1, -0.05) is 15.9 Å². The maximum atomic E-state index is 13.5. The van der Waals surface area contributed by atoms with Gasteiger partial charge in [0.2, 0.25) is 0 Å². The maximum Gasteiger partial charge on any atom is 0.181 e. The molecule has 0 unspecified atom stereocenters. The summed E-state index contributed by atoms with van der Waals surface area (Å²) >= 11 is 4.81. The van der Waals surface area contributed by atoms with E-state index in [9.17, 15) is 4.39 Å². The molecular weight excluding hydrogens is 369 g/mol. The fourth-order valence-electron chi connectivity index (χ4n) is 2.08. The quantitative estimate of drug-likeness (QED) is 0.726. The van der Waals surface area contributed by atoms with Crippen LogP contribution in [0, 0.1) is 12.7 Å². The van der Waals surface area contributed by atoms with E-state index in [1.165, 1.54) is 12.1 Å². The molecule has 3 aromatic rings. The number of hydrogen-bond donors (Lipinski definition) is 2. The third-order valence-electron chi connectivity index (χ3n) is 3.02. The van der Waals surface area contributed by atoms with E-state index in [2.05, 4.69) is 36.1 Å². The van der Waals surface area contributed by atoms with Crippen LogP contribution in [0.5, 0.6) is 0 Å². The molecule has 2 aromatic heterocycles. The summed E-state index contributed by atoms with van der Waals surface area (Å²) in [5, 5.41) is 8.04. The molecule has 0 atom stereocenters. The van der Waals surface area contributed by atoms with Gasteiger partial charge in [-0.3, -0.25) is 5.10 Å². The molecule has 1 aromatic carbocycles. The summed E-state index contributed by atoms with van der Waals surface area (Å²) in [6.45, 7) is 2.48. The van der Waals surface area contributed by atoms with Crippen molar-refractivity contribution in [2.24, 2.45) is 5.73 Å². The standard InChI is InChI=1S/C14H13BrFN5S/c1-7-12(22-11(18-7)2-3-17)14-19-13(20-21-14)8-4-9(15)6-10(16)5-8/h4-6H,2-3,17H2,1H3,(H,19,20,21). The van der Waals surface area contributed by atoms with Gasteiger partial charge in [0.1, 0.15) is 5.82 Å². The van der Waals surface area contributed by atoms with Gasteiger partial charge in [0.05, 0.1) is 15.6 Å². The Bertz CT molecular complexity index is 793. The zero-order chi connectivity index (χ0) is 15.7. The highest BCUT2D eigenvalue weighted by molar-refractivity contribution is 9.10. The number of nitrogens with one attached hydrogen (secondary N) is 1. The van der Waals surface area contributed by atoms with Gasteiger partial charge >= 0.3 is 0 Å². The molecule has 5 nitrogen and oxygen atoms in total. The van der Waals surface area contributed by atoms with Gasteiger partial charge in [0.15, 0.2) is 11.6 Å². The van der Waals surface area contributed by atoms with Crippen molar-refractivity contribution >= 4 is 27.3 Å². The molecule has 0 saturated heterocycles. The van der Waals surface area contributed by atoms with Crippen LogP contribution in [0.3, 0.4) is 0 Å². The summed E-state index contributed by atoms with van der Waals surface area (Å²) in [5.41, 5.74) is 7.05. The molecule has 3 rings (SSSR count). The minimum absolute atomic E-state index is 0.338. The van der Waals surface area contributed by atoms with Gasteiger partial charge in [-0.25, -0.2) is 14.4 Å². The average molecular weight is 382 g/mol. The first kappa shape index (κ1) is 15.3. The fraction of sp³-hybridized carbons (Fsp3) is 0.214. The summed E-state index contributed by atoms with van der Waals surface area (Å²) in [6.07, 6.45) is 0.739. The van der Waals surface area contributed by atoms with Crippen molar-refractivity contribution in [3.8, 4) is 22.1 Å². The Kier molecular flexibility index (Phi) is 4.32. The second-order valence-corrected chi connectivity index (χ2v) is 6.73. The average Bonchev–Trinajstić information content (AvgIpc) is 3.05. The minimum Gasteiger partial charge on any atom is -0.330 e. The molecule has 114 valence electrons. The molecule has 3 N–H and O–H groups in total. The summed E-state index contributed by atoms with van der Waals surface area (Å²) < 4.78 is 14.1. The van der Waals surface area contributed by atoms with Crippen molar-refractivity contribution in [2.45, 2.75) is 13.3 Å². The van der Waals surface area contributed by atoms with E-state index in [1.54, 1.807) is 17.4 Å². The number of H-pyrrole nitrogens is 1. The number of nitrogens with zero attached hydrogens (tertiary/aromatic N) is 3. The third kappa shape index (κ3) is 3.08. The molecule has 2 heterocycles. The van der Waals surface area contributed by atoms with Gasteiger partial charge in [-0.2, -0.15) is 5.10 Å². The summed E-state index contributed by atoms with van der Waals surface area (Å²) in [4.78, 5) is 9.85. The normalized spacial score (nSPS) is 11.1. The monoisotopic (exact) mass is 381 g/mol. The van der Waals surface area contributed by atoms with Crippen molar-refractivity contribution in [1.82, 2.24) is 20.2 Å². The van der Waals surface area contributed by atoms with E-state index in [0.717, 1.165) is 22.0 Å². The van der Waals surface area contributed by atoms with Crippen molar-refractivity contribution in [3.05, 3.63) is 39.2 Å². The first-order chi connectivity index (χ1) is 10.6. The second kappa shape index (κ2) is 6.23. The van der Waals surface area contributed by atoms with Crippen LogP contribution in [0.2, 0.25) is 0 Å². The zero-order valence-corrected chi connectivity index (χ0v) is 14.1. The molecular formula is C14H13BrFN5S. The number of rotatable bonds is 4. The van der Waals surface area contributed by atoms with E-state index in [4.69, 9.17) is 5.73 Å². The number of aromatic amines is 1. The highest BCUT2D eigenvalue weighted by Gasteiger charge is 2.15. The van der Waals surface area contributed by atoms with E-state index in [0.29, 0.717) is 28.2 Å². The highest BCUT2D eigenvalue weighted by atomic mass is 79.9. The molecule has 0 fully saturated rings. The molecule has 0 spiro atoms. The van der Waals surface area contributed by atoms with E-state index in [1.807, 2.05) is 6.92 Å². The minimum atomic E-state index is -0.338. The predicted octanol–water partition coefficient (Wildman–Crippen LogP) is 3.31. The molecule has 22 heavy (non-hydrogen) atoms. The predicted molar refractivity (Wildman–Crippen MR) is 88.1 cm³/mol. The topological polar surface area (TPSA) is 80.5 Å². The van der Waals surface area contributed by atoms with Gasteiger partial charge in [-0.15, -0.1) is 11.3 Å². The first-order valence-corrected chi connectivity index (χ1v) is 8.23. The number of halogens is 2. The Hall–Kier alpha value is -1.64. The van der Waals surface area contributed by atoms with Gasteiger partial charge in [0, 0.05) is 16.5 Å². The van der Waals surface area contributed by atoms with Crippen LogP contribution in [0.15, 0.2) is 22.7 Å².